The number of Topliss-reactive ketones (excluding diaryl/α,β-unsaturated/α-hetero) is 1. The lowest BCUT2D eigenvalue weighted by molar-refractivity contribution is -0.137. The summed E-state index contributed by atoms with van der Waals surface area (Å²) < 4.78 is 7.70. The fourth-order valence-electron chi connectivity index (χ4n) is 10.4. The van der Waals surface area contributed by atoms with Gasteiger partial charge in [-0.1, -0.05) is 45.0 Å². The Kier molecular flexibility index (Phi) is 18.4. The molecule has 1 saturated carbocycles. The van der Waals surface area contributed by atoms with E-state index in [4.69, 9.17) is 9.72 Å². The van der Waals surface area contributed by atoms with Crippen LogP contribution in [0.3, 0.4) is 0 Å². The number of benzene rings is 2. The number of aliphatic hydroxyl groups is 1. The van der Waals surface area contributed by atoms with Crippen LogP contribution in [-0.4, -0.2) is 130 Å². The molecule has 19 heteroatoms. The average Bonchev–Trinajstić information content (AvgIpc) is 4.19. The van der Waals surface area contributed by atoms with Gasteiger partial charge < -0.3 is 41.3 Å². The molecule has 8 rings (SSSR count). The molecule has 5 aromatic rings. The van der Waals surface area contributed by atoms with Gasteiger partial charge in [0.25, 0.3) is 5.91 Å². The highest BCUT2D eigenvalue weighted by Crippen LogP contribution is 2.37. The van der Waals surface area contributed by atoms with Crippen molar-refractivity contribution < 1.29 is 33.8 Å². The minimum atomic E-state index is -0.923. The topological polar surface area (TPSA) is 225 Å². The van der Waals surface area contributed by atoms with Crippen LogP contribution in [0.15, 0.2) is 89.4 Å². The number of fused-ring (bicyclic) bond motifs is 1. The lowest BCUT2D eigenvalue weighted by Crippen LogP contribution is -2.52. The second-order valence-electron chi connectivity index (χ2n) is 22.0. The number of ether oxygens (including phenoxy) is 1. The molecule has 3 aliphatic rings. The van der Waals surface area contributed by atoms with Crippen LogP contribution in [0.1, 0.15) is 102 Å². The first-order valence-corrected chi connectivity index (χ1v) is 27.7. The highest BCUT2D eigenvalue weighted by Gasteiger charge is 2.46. The summed E-state index contributed by atoms with van der Waals surface area (Å²) in [4.78, 5) is 82.8. The molecule has 410 valence electrons. The van der Waals surface area contributed by atoms with Crippen LogP contribution in [0.2, 0.25) is 0 Å². The number of nitrogens with one attached hydrogen (secondary N) is 5. The minimum Gasteiger partial charge on any atom is -0.393 e. The second kappa shape index (κ2) is 25.1. The molecule has 0 radical (unpaired) electrons. The fraction of sp³-hybridized carbons (Fsp3) is 0.483. The Morgan fingerprint density at radius 3 is 2.26 bits per heavy atom. The number of amides is 4. The first kappa shape index (κ1) is 56.4. The summed E-state index contributed by atoms with van der Waals surface area (Å²) in [7, 11) is 0. The molecule has 18 nitrogen and oxygen atoms in total. The molecule has 1 saturated heterocycles. The standard InChI is InChI=1S/C58H75N11O7S/c1-35(2)69-49-25-42(24-46(48(49)31-65-69)56(74)62-30-43-32-76-33-63-37(4)23-36(43)3)41-13-14-50(60-29-41)68-21-19-67(20-22-68)18-17-59-51(71)15-16-52(72)66-55(58(6,7)8)53(73)45-26-44(70)27-47(45)57(75)61-28-39-9-11-40(12-10-39)54-38(5)64-34-77-54/h9-14,23-25,29,31,34-35,44-45,47,55,63,70H,15-22,26-28,30,32-33H2,1-8H3,(H,59,71)(H,61,75)(H,62,74)(H,66,72)/b37-23-,43-36-/t44-,45?,47?,55+/m0/s1. The second-order valence-corrected chi connectivity index (χ2v) is 22.8. The zero-order valence-electron chi connectivity index (χ0n) is 45.7. The number of carbonyl (C=O) groups is 5. The van der Waals surface area contributed by atoms with Gasteiger partial charge in [-0.25, -0.2) is 9.97 Å². The van der Waals surface area contributed by atoms with Crippen LogP contribution in [0.25, 0.3) is 32.5 Å². The fourth-order valence-corrected chi connectivity index (χ4v) is 11.2. The van der Waals surface area contributed by atoms with E-state index < -0.39 is 35.3 Å². The summed E-state index contributed by atoms with van der Waals surface area (Å²) in [6.45, 7) is 21.2. The lowest BCUT2D eigenvalue weighted by Gasteiger charge is -2.35. The van der Waals surface area contributed by atoms with Crippen LogP contribution >= 0.6 is 11.3 Å². The number of hydrogen-bond acceptors (Lipinski definition) is 14. The van der Waals surface area contributed by atoms with E-state index in [-0.39, 0.29) is 61.8 Å². The number of rotatable bonds is 19. The average molecular weight is 1070 g/mol. The molecule has 2 unspecified atom stereocenters. The predicted octanol–water partition coefficient (Wildman–Crippen LogP) is 6.46. The van der Waals surface area contributed by atoms with Gasteiger partial charge in [0, 0.05) is 100 Å². The Balaban J connectivity index is 0.781. The van der Waals surface area contributed by atoms with Gasteiger partial charge >= 0.3 is 0 Å². The number of anilines is 1. The smallest absolute Gasteiger partial charge is 0.252 e. The van der Waals surface area contributed by atoms with Crippen LogP contribution in [-0.2, 0) is 30.5 Å². The highest BCUT2D eigenvalue weighted by atomic mass is 32.1. The molecular formula is C58H75N11O7S. The van der Waals surface area contributed by atoms with E-state index >= 15 is 0 Å². The van der Waals surface area contributed by atoms with Crippen molar-refractivity contribution in [2.45, 2.75) is 106 Å². The van der Waals surface area contributed by atoms with Crippen molar-refractivity contribution in [1.82, 2.24) is 51.2 Å². The summed E-state index contributed by atoms with van der Waals surface area (Å²) in [6.07, 6.45) is 5.01. The molecule has 77 heavy (non-hydrogen) atoms. The zero-order valence-corrected chi connectivity index (χ0v) is 46.5. The summed E-state index contributed by atoms with van der Waals surface area (Å²) >= 11 is 1.57. The molecule has 1 aliphatic carbocycles. The SMILES string of the molecule is C/C1=C/C(C)=C(/CNC(=O)c2cc(-c3ccc(N4CCN(CCNC(=O)CCC(=O)N[C@H](C(=O)C5C[C@H](O)CC5C(=O)NCc5ccc(-c6scnc6C)cc5)C(C)(C)C)CC4)nc3)cc3c2cnn3C(C)C)COCN1. The van der Waals surface area contributed by atoms with Crippen molar-refractivity contribution in [1.29, 1.82) is 0 Å². The summed E-state index contributed by atoms with van der Waals surface area (Å²) in [5.41, 5.74) is 10.3. The van der Waals surface area contributed by atoms with Gasteiger partial charge in [0.2, 0.25) is 17.7 Å². The Morgan fingerprint density at radius 1 is 0.844 bits per heavy atom. The molecule has 4 amide bonds. The number of allylic oxidation sites excluding steroid dienone is 3. The van der Waals surface area contributed by atoms with Crippen molar-refractivity contribution in [3.63, 3.8) is 0 Å². The molecule has 0 spiro atoms. The number of aliphatic hydroxyl groups excluding tert-OH is 1. The Bertz CT molecular complexity index is 2990. The number of nitrogens with zero attached hydrogens (tertiary/aromatic N) is 6. The number of carbonyl (C=O) groups excluding carboxylic acids is 5. The maximum atomic E-state index is 14.2. The van der Waals surface area contributed by atoms with Gasteiger partial charge in [0.15, 0.2) is 5.78 Å². The number of ketones is 1. The number of pyridine rings is 1. The van der Waals surface area contributed by atoms with Gasteiger partial charge in [-0.05, 0) is 111 Å². The number of hydrogen-bond donors (Lipinski definition) is 6. The molecule has 2 aromatic carbocycles. The molecule has 2 aliphatic heterocycles. The van der Waals surface area contributed by atoms with E-state index in [9.17, 15) is 29.1 Å². The lowest BCUT2D eigenvalue weighted by atomic mass is 9.77. The molecule has 4 atom stereocenters. The Labute approximate surface area is 455 Å². The van der Waals surface area contributed by atoms with Crippen LogP contribution < -0.4 is 31.5 Å². The van der Waals surface area contributed by atoms with E-state index in [1.807, 2.05) is 100 Å². The van der Waals surface area contributed by atoms with Crippen LogP contribution in [0, 0.1) is 24.2 Å². The van der Waals surface area contributed by atoms with E-state index in [0.29, 0.717) is 38.5 Å². The Morgan fingerprint density at radius 2 is 1.57 bits per heavy atom. The van der Waals surface area contributed by atoms with Crippen molar-refractivity contribution in [3.8, 4) is 21.6 Å². The maximum absolute atomic E-state index is 14.2. The van der Waals surface area contributed by atoms with Crippen molar-refractivity contribution >= 4 is 57.5 Å². The van der Waals surface area contributed by atoms with Gasteiger partial charge in [-0.15, -0.1) is 11.3 Å². The van der Waals surface area contributed by atoms with Gasteiger partial charge in [-0.2, -0.15) is 5.10 Å². The number of aromatic nitrogens is 4. The van der Waals surface area contributed by atoms with Crippen LogP contribution in [0.4, 0.5) is 5.82 Å². The van der Waals surface area contributed by atoms with Gasteiger partial charge in [0.1, 0.15) is 12.5 Å². The number of aryl methyl sites for hydroxylation is 1. The molecule has 2 fully saturated rings. The predicted molar refractivity (Wildman–Crippen MR) is 300 cm³/mol. The van der Waals surface area contributed by atoms with Crippen LogP contribution in [0.5, 0.6) is 0 Å². The van der Waals surface area contributed by atoms with Crippen molar-refractivity contribution in [2.24, 2.45) is 17.3 Å². The van der Waals surface area contributed by atoms with Crippen molar-refractivity contribution in [3.05, 3.63) is 106 Å². The molecule has 5 heterocycles. The normalized spacial score (nSPS) is 20.4. The summed E-state index contributed by atoms with van der Waals surface area (Å²) in [5, 5.41) is 31.3. The van der Waals surface area contributed by atoms with Crippen molar-refractivity contribution in [2.75, 3.05) is 64.1 Å². The number of thiazole rings is 1. The molecular weight excluding hydrogens is 995 g/mol. The van der Waals surface area contributed by atoms with Gasteiger partial charge in [-0.3, -0.25) is 33.6 Å². The maximum Gasteiger partial charge on any atom is 0.252 e. The molecule has 6 N–H and O–H groups in total. The largest absolute Gasteiger partial charge is 0.393 e. The van der Waals surface area contributed by atoms with E-state index in [1.165, 1.54) is 0 Å². The minimum absolute atomic E-state index is 0.0436. The summed E-state index contributed by atoms with van der Waals surface area (Å²) in [6, 6.07) is 15.1. The summed E-state index contributed by atoms with van der Waals surface area (Å²) in [5.74, 6) is -2.14. The first-order valence-electron chi connectivity index (χ1n) is 26.8. The van der Waals surface area contributed by atoms with E-state index in [2.05, 4.69) is 72.5 Å². The zero-order chi connectivity index (χ0) is 55.0. The molecule has 0 bridgehead atoms. The third-order valence-corrected chi connectivity index (χ3v) is 15.8. The van der Waals surface area contributed by atoms with E-state index in [1.54, 1.807) is 17.5 Å². The molecule has 3 aromatic heterocycles. The van der Waals surface area contributed by atoms with E-state index in [0.717, 1.165) is 92.6 Å². The van der Waals surface area contributed by atoms with Gasteiger partial charge in [0.05, 0.1) is 58.0 Å². The quantitative estimate of drug-likeness (QED) is 0.0523. The monoisotopic (exact) mass is 1070 g/mol. The first-order chi connectivity index (χ1) is 36.8. The highest BCUT2D eigenvalue weighted by molar-refractivity contribution is 7.13. The third-order valence-electron chi connectivity index (χ3n) is 14.9. The third kappa shape index (κ3) is 14.2. The number of piperazine rings is 1. The Hall–Kier alpha value is -6.80.